The van der Waals surface area contributed by atoms with Gasteiger partial charge >= 0.3 is 0 Å². The van der Waals surface area contributed by atoms with Gasteiger partial charge in [-0.1, -0.05) is 126 Å². The molecule has 0 fully saturated rings. The molecule has 0 atom stereocenters. The summed E-state index contributed by atoms with van der Waals surface area (Å²) < 4.78 is 0. The molecule has 1 heteroatoms. The molecule has 0 saturated carbocycles. The smallest absolute Gasteiger partial charge is 0.0540 e. The molecule has 0 heterocycles. The number of hydrogen-bond donors (Lipinski definition) is 0. The summed E-state index contributed by atoms with van der Waals surface area (Å²) in [6.45, 7) is 11.5. The molecule has 0 unspecified atom stereocenters. The zero-order valence-electron chi connectivity index (χ0n) is 23.0. The van der Waals surface area contributed by atoms with Gasteiger partial charge in [0.25, 0.3) is 0 Å². The first-order chi connectivity index (χ1) is 18.2. The highest BCUT2D eigenvalue weighted by Gasteiger charge is 2.35. The highest BCUT2D eigenvalue weighted by molar-refractivity contribution is 5.90. The number of fused-ring (bicyclic) bond motifs is 3. The van der Waals surface area contributed by atoms with Gasteiger partial charge in [-0.05, 0) is 69.1 Å². The molecule has 0 N–H and O–H groups in total. The third kappa shape index (κ3) is 4.03. The van der Waals surface area contributed by atoms with Crippen LogP contribution in [0.3, 0.4) is 0 Å². The van der Waals surface area contributed by atoms with Crippen molar-refractivity contribution in [1.29, 1.82) is 0 Å². The van der Waals surface area contributed by atoms with Gasteiger partial charge in [0.05, 0.1) is 5.69 Å². The second-order valence-corrected chi connectivity index (χ2v) is 11.9. The lowest BCUT2D eigenvalue weighted by atomic mass is 9.82. The van der Waals surface area contributed by atoms with Crippen LogP contribution in [0.15, 0.2) is 121 Å². The Bertz CT molecular complexity index is 1600. The molecule has 1 aliphatic rings. The van der Waals surface area contributed by atoms with Crippen LogP contribution >= 0.6 is 0 Å². The summed E-state index contributed by atoms with van der Waals surface area (Å²) in [4.78, 5) is 2.42. The van der Waals surface area contributed by atoms with Gasteiger partial charge in [-0.15, -0.1) is 0 Å². The lowest BCUT2D eigenvalue weighted by Crippen LogP contribution is -2.17. The van der Waals surface area contributed by atoms with Gasteiger partial charge in [0, 0.05) is 22.4 Å². The minimum absolute atomic E-state index is 0.0529. The van der Waals surface area contributed by atoms with Crippen molar-refractivity contribution in [2.45, 2.75) is 45.4 Å². The molecular formula is C37H35N. The van der Waals surface area contributed by atoms with E-state index in [9.17, 15) is 0 Å². The number of anilines is 3. The van der Waals surface area contributed by atoms with Crippen molar-refractivity contribution in [3.63, 3.8) is 0 Å². The Hall–Kier alpha value is -4.10. The maximum atomic E-state index is 2.42. The fourth-order valence-corrected chi connectivity index (χ4v) is 5.90. The molecule has 0 aliphatic heterocycles. The van der Waals surface area contributed by atoms with E-state index in [4.69, 9.17) is 0 Å². The lowest BCUT2D eigenvalue weighted by Gasteiger charge is -2.30. The molecule has 5 aromatic carbocycles. The van der Waals surface area contributed by atoms with E-state index in [1.165, 1.54) is 50.3 Å². The van der Waals surface area contributed by atoms with Gasteiger partial charge in [0.15, 0.2) is 0 Å². The van der Waals surface area contributed by atoms with E-state index >= 15 is 0 Å². The first-order valence-electron chi connectivity index (χ1n) is 13.5. The van der Waals surface area contributed by atoms with E-state index in [-0.39, 0.29) is 10.8 Å². The van der Waals surface area contributed by atoms with Crippen LogP contribution in [0.2, 0.25) is 0 Å². The molecule has 0 bridgehead atoms. The standard InChI is InChI=1S/C37H35N/c1-36(2,3)27-19-21-28(22-20-27)38(35-18-12-10-15-30(35)26-13-7-6-8-14-26)29-23-24-32-31-16-9-11-17-33(31)37(4,5)34(32)25-29/h6-25H,1-5H3. The Morgan fingerprint density at radius 3 is 1.82 bits per heavy atom. The molecule has 0 amide bonds. The minimum Gasteiger partial charge on any atom is -0.310 e. The third-order valence-corrected chi connectivity index (χ3v) is 8.05. The summed E-state index contributed by atoms with van der Waals surface area (Å²) in [6.07, 6.45) is 0. The maximum Gasteiger partial charge on any atom is 0.0540 e. The molecule has 1 aliphatic carbocycles. The fourth-order valence-electron chi connectivity index (χ4n) is 5.90. The Morgan fingerprint density at radius 2 is 1.11 bits per heavy atom. The zero-order valence-corrected chi connectivity index (χ0v) is 23.0. The first kappa shape index (κ1) is 24.2. The molecule has 0 aromatic heterocycles. The summed E-state index contributed by atoms with van der Waals surface area (Å²) in [5.74, 6) is 0. The average Bonchev–Trinajstić information content (AvgIpc) is 3.16. The number of hydrogen-bond acceptors (Lipinski definition) is 1. The minimum atomic E-state index is -0.0529. The van der Waals surface area contributed by atoms with Crippen LogP contribution in [0.5, 0.6) is 0 Å². The quantitative estimate of drug-likeness (QED) is 0.241. The van der Waals surface area contributed by atoms with Crippen LogP contribution in [0.25, 0.3) is 22.3 Å². The van der Waals surface area contributed by atoms with Gasteiger partial charge in [0.2, 0.25) is 0 Å². The molecule has 6 rings (SSSR count). The van der Waals surface area contributed by atoms with Crippen molar-refractivity contribution in [3.8, 4) is 22.3 Å². The number of nitrogens with zero attached hydrogens (tertiary/aromatic N) is 1. The van der Waals surface area contributed by atoms with Crippen molar-refractivity contribution in [2.75, 3.05) is 4.90 Å². The van der Waals surface area contributed by atoms with Gasteiger partial charge < -0.3 is 4.90 Å². The van der Waals surface area contributed by atoms with Crippen molar-refractivity contribution < 1.29 is 0 Å². The van der Waals surface area contributed by atoms with E-state index in [1.54, 1.807) is 0 Å². The van der Waals surface area contributed by atoms with Crippen molar-refractivity contribution in [2.24, 2.45) is 0 Å². The van der Waals surface area contributed by atoms with E-state index in [1.807, 2.05) is 0 Å². The van der Waals surface area contributed by atoms with E-state index in [0.29, 0.717) is 0 Å². The Balaban J connectivity index is 1.56. The Morgan fingerprint density at radius 1 is 0.526 bits per heavy atom. The third-order valence-electron chi connectivity index (χ3n) is 8.05. The largest absolute Gasteiger partial charge is 0.310 e. The second-order valence-electron chi connectivity index (χ2n) is 11.9. The molecule has 0 saturated heterocycles. The summed E-state index contributed by atoms with van der Waals surface area (Å²) >= 11 is 0. The predicted octanol–water partition coefficient (Wildman–Crippen LogP) is 10.4. The van der Waals surface area contributed by atoms with Crippen LogP contribution in [0, 0.1) is 0 Å². The molecule has 5 aromatic rings. The topological polar surface area (TPSA) is 3.24 Å². The van der Waals surface area contributed by atoms with E-state index < -0.39 is 0 Å². The first-order valence-corrected chi connectivity index (χ1v) is 13.5. The van der Waals surface area contributed by atoms with Crippen molar-refractivity contribution >= 4 is 17.1 Å². The van der Waals surface area contributed by atoms with Crippen molar-refractivity contribution in [3.05, 3.63) is 138 Å². The van der Waals surface area contributed by atoms with E-state index in [0.717, 1.165) is 5.69 Å². The molecule has 0 radical (unpaired) electrons. The van der Waals surface area contributed by atoms with Crippen LogP contribution < -0.4 is 4.90 Å². The molecule has 0 spiro atoms. The zero-order chi connectivity index (χ0) is 26.5. The van der Waals surface area contributed by atoms with Gasteiger partial charge in [-0.25, -0.2) is 0 Å². The molecule has 188 valence electrons. The second kappa shape index (κ2) is 9.03. The van der Waals surface area contributed by atoms with Gasteiger partial charge in [-0.3, -0.25) is 0 Å². The summed E-state index contributed by atoms with van der Waals surface area (Å²) in [6, 6.07) is 44.4. The Labute approximate surface area is 227 Å². The maximum absolute atomic E-state index is 2.42. The van der Waals surface area contributed by atoms with Gasteiger partial charge in [0.1, 0.15) is 0 Å². The predicted molar refractivity (Wildman–Crippen MR) is 163 cm³/mol. The summed E-state index contributed by atoms with van der Waals surface area (Å²) in [5.41, 5.74) is 12.8. The highest BCUT2D eigenvalue weighted by atomic mass is 15.1. The summed E-state index contributed by atoms with van der Waals surface area (Å²) in [7, 11) is 0. The molecular weight excluding hydrogens is 458 g/mol. The fraction of sp³-hybridized carbons (Fsp3) is 0.189. The number of benzene rings is 5. The van der Waals surface area contributed by atoms with Crippen LogP contribution in [-0.4, -0.2) is 0 Å². The summed E-state index contributed by atoms with van der Waals surface area (Å²) in [5, 5.41) is 0. The van der Waals surface area contributed by atoms with Gasteiger partial charge in [-0.2, -0.15) is 0 Å². The average molecular weight is 494 g/mol. The molecule has 38 heavy (non-hydrogen) atoms. The number of rotatable bonds is 4. The van der Waals surface area contributed by atoms with Crippen LogP contribution in [-0.2, 0) is 10.8 Å². The Kier molecular flexibility index (Phi) is 5.76. The normalized spacial score (nSPS) is 13.6. The number of para-hydroxylation sites is 1. The van der Waals surface area contributed by atoms with Crippen LogP contribution in [0.1, 0.15) is 51.3 Å². The highest BCUT2D eigenvalue weighted by Crippen LogP contribution is 2.51. The van der Waals surface area contributed by atoms with Crippen molar-refractivity contribution in [1.82, 2.24) is 0 Å². The lowest BCUT2D eigenvalue weighted by molar-refractivity contribution is 0.590. The van der Waals surface area contributed by atoms with Crippen LogP contribution in [0.4, 0.5) is 17.1 Å². The van der Waals surface area contributed by atoms with E-state index in [2.05, 4.69) is 161 Å². The molecule has 1 nitrogen and oxygen atoms in total. The SMILES string of the molecule is CC(C)(C)c1ccc(N(c2ccc3c(c2)C(C)(C)c2ccccc2-3)c2ccccc2-c2ccccc2)cc1. The monoisotopic (exact) mass is 493 g/mol.